The summed E-state index contributed by atoms with van der Waals surface area (Å²) in [6.45, 7) is 1.96. The summed E-state index contributed by atoms with van der Waals surface area (Å²) in [5, 5.41) is 15.0. The van der Waals surface area contributed by atoms with E-state index >= 15 is 0 Å². The summed E-state index contributed by atoms with van der Waals surface area (Å²) in [6.07, 6.45) is 3.47. The standard InChI is InChI=1S/C26H35N9O4S/c1-15(36)33-18(4-2-10-32-26(29)30)25(39)35-12-3-5-20(35)23(38)34-19(21(37)24-31-11-13-40-24)14-16-6-8-17(9-7-16)22(27)28/h6-9,11,13,18-20H,2-5,10,12,14H2,1H3,(H3,27,28)(H,33,36)(H,34,38)(H4,29,30,32)/t18-,19?,20+/m1/s1. The van der Waals surface area contributed by atoms with Crippen LogP contribution in [0.3, 0.4) is 0 Å². The summed E-state index contributed by atoms with van der Waals surface area (Å²) in [5.74, 6) is -1.68. The van der Waals surface area contributed by atoms with Crippen LogP contribution in [0.25, 0.3) is 0 Å². The molecule has 1 aromatic carbocycles. The predicted molar refractivity (Wildman–Crippen MR) is 152 cm³/mol. The van der Waals surface area contributed by atoms with Gasteiger partial charge in [0.15, 0.2) is 11.0 Å². The van der Waals surface area contributed by atoms with Gasteiger partial charge in [-0.05, 0) is 31.2 Å². The van der Waals surface area contributed by atoms with E-state index in [4.69, 9.17) is 22.6 Å². The van der Waals surface area contributed by atoms with E-state index in [9.17, 15) is 19.2 Å². The second-order valence-electron chi connectivity index (χ2n) is 9.47. The first-order valence-corrected chi connectivity index (χ1v) is 13.7. The first-order chi connectivity index (χ1) is 19.1. The van der Waals surface area contributed by atoms with Gasteiger partial charge in [-0.15, -0.1) is 11.3 Å². The zero-order valence-electron chi connectivity index (χ0n) is 22.3. The Morgan fingerprint density at radius 2 is 1.88 bits per heavy atom. The number of nitrogen functional groups attached to an aromatic ring is 1. The van der Waals surface area contributed by atoms with Gasteiger partial charge in [0.1, 0.15) is 17.9 Å². The monoisotopic (exact) mass is 569 g/mol. The fourth-order valence-electron chi connectivity index (χ4n) is 4.54. The molecule has 1 aliphatic heterocycles. The molecular weight excluding hydrogens is 534 g/mol. The number of nitrogens with zero attached hydrogens (tertiary/aromatic N) is 3. The Morgan fingerprint density at radius 1 is 1.15 bits per heavy atom. The van der Waals surface area contributed by atoms with Gasteiger partial charge in [-0.25, -0.2) is 4.98 Å². The van der Waals surface area contributed by atoms with E-state index in [1.165, 1.54) is 29.4 Å². The molecule has 0 saturated carbocycles. The molecule has 3 rings (SSSR count). The van der Waals surface area contributed by atoms with Crippen molar-refractivity contribution in [2.75, 3.05) is 13.1 Å². The highest BCUT2D eigenvalue weighted by molar-refractivity contribution is 7.11. The molecule has 0 bridgehead atoms. The number of amidine groups is 1. The number of thiazole rings is 1. The number of rotatable bonds is 13. The number of nitrogens with two attached hydrogens (primary N) is 3. The largest absolute Gasteiger partial charge is 0.384 e. The molecule has 0 radical (unpaired) electrons. The van der Waals surface area contributed by atoms with Gasteiger partial charge in [0, 0.05) is 43.6 Å². The number of hydrogen-bond acceptors (Lipinski definition) is 8. The number of benzene rings is 1. The van der Waals surface area contributed by atoms with Crippen molar-refractivity contribution in [2.24, 2.45) is 22.2 Å². The van der Waals surface area contributed by atoms with Gasteiger partial charge in [0.2, 0.25) is 23.5 Å². The number of carbonyl (C=O) groups excluding carboxylic acids is 4. The Morgan fingerprint density at radius 3 is 2.48 bits per heavy atom. The Labute approximate surface area is 236 Å². The van der Waals surface area contributed by atoms with E-state index in [1.54, 1.807) is 29.6 Å². The summed E-state index contributed by atoms with van der Waals surface area (Å²) >= 11 is 1.18. The normalized spacial score (nSPS) is 16.0. The molecule has 40 heavy (non-hydrogen) atoms. The van der Waals surface area contributed by atoms with E-state index < -0.39 is 24.0 Å². The zero-order chi connectivity index (χ0) is 29.2. The lowest BCUT2D eigenvalue weighted by Gasteiger charge is -2.29. The summed E-state index contributed by atoms with van der Waals surface area (Å²) in [7, 11) is 0. The summed E-state index contributed by atoms with van der Waals surface area (Å²) in [5.41, 5.74) is 17.6. The Kier molecular flexibility index (Phi) is 10.7. The fourth-order valence-corrected chi connectivity index (χ4v) is 5.17. The number of guanidine groups is 1. The SMILES string of the molecule is CC(=O)N[C@H](CCCN=C(N)N)C(=O)N1CCC[C@H]1C(=O)NC(Cc1ccc(C(=N)N)cc1)C(=O)c1nccs1. The van der Waals surface area contributed by atoms with E-state index in [-0.39, 0.29) is 40.8 Å². The molecule has 1 saturated heterocycles. The summed E-state index contributed by atoms with van der Waals surface area (Å²) in [6, 6.07) is 4.29. The second-order valence-corrected chi connectivity index (χ2v) is 10.4. The molecule has 3 amide bonds. The van der Waals surface area contributed by atoms with E-state index in [2.05, 4.69) is 20.6 Å². The van der Waals surface area contributed by atoms with Gasteiger partial charge in [0.25, 0.3) is 0 Å². The number of likely N-dealkylation sites (tertiary alicyclic amines) is 1. The molecule has 13 nitrogen and oxygen atoms in total. The Hall–Kier alpha value is -4.33. The van der Waals surface area contributed by atoms with Crippen LogP contribution in [0.2, 0.25) is 0 Å². The van der Waals surface area contributed by atoms with Crippen LogP contribution < -0.4 is 27.8 Å². The minimum atomic E-state index is -0.926. The quantitative estimate of drug-likeness (QED) is 0.0824. The Balaban J connectivity index is 1.76. The number of Topliss-reactive ketones (excluding diaryl/α,β-unsaturated/α-hetero) is 1. The van der Waals surface area contributed by atoms with E-state index in [0.717, 1.165) is 5.56 Å². The third-order valence-corrected chi connectivity index (χ3v) is 7.23. The molecule has 1 aliphatic rings. The molecule has 0 spiro atoms. The van der Waals surface area contributed by atoms with Crippen molar-refractivity contribution in [3.63, 3.8) is 0 Å². The number of aliphatic imine (C=N–C) groups is 1. The molecule has 1 aromatic heterocycles. The maximum Gasteiger partial charge on any atom is 0.245 e. The van der Waals surface area contributed by atoms with Crippen molar-refractivity contribution in [2.45, 2.75) is 57.2 Å². The lowest BCUT2D eigenvalue weighted by molar-refractivity contribution is -0.141. The predicted octanol–water partition coefficient (Wildman–Crippen LogP) is -0.113. The fraction of sp³-hybridized carbons (Fsp3) is 0.423. The summed E-state index contributed by atoms with van der Waals surface area (Å²) in [4.78, 5) is 61.5. The van der Waals surface area contributed by atoms with Crippen molar-refractivity contribution in [1.29, 1.82) is 5.41 Å². The van der Waals surface area contributed by atoms with Crippen LogP contribution in [-0.2, 0) is 20.8 Å². The van der Waals surface area contributed by atoms with Crippen LogP contribution in [-0.4, -0.2) is 76.4 Å². The van der Waals surface area contributed by atoms with Crippen LogP contribution in [0, 0.1) is 5.41 Å². The van der Waals surface area contributed by atoms with Crippen LogP contribution in [0.4, 0.5) is 0 Å². The maximum atomic E-state index is 13.5. The van der Waals surface area contributed by atoms with Crippen molar-refractivity contribution < 1.29 is 19.2 Å². The third-order valence-electron chi connectivity index (χ3n) is 6.44. The number of ketones is 1. The molecule has 9 N–H and O–H groups in total. The van der Waals surface area contributed by atoms with Gasteiger partial charge in [-0.2, -0.15) is 0 Å². The molecule has 0 aliphatic carbocycles. The molecule has 1 fully saturated rings. The average Bonchev–Trinajstić information content (AvgIpc) is 3.62. The number of nitrogens with one attached hydrogen (secondary N) is 3. The molecule has 1 unspecified atom stereocenters. The van der Waals surface area contributed by atoms with Gasteiger partial charge >= 0.3 is 0 Å². The molecule has 3 atom stereocenters. The van der Waals surface area contributed by atoms with Gasteiger partial charge in [-0.3, -0.25) is 29.6 Å². The van der Waals surface area contributed by atoms with Gasteiger partial charge < -0.3 is 32.7 Å². The first kappa shape index (κ1) is 30.2. The minimum Gasteiger partial charge on any atom is -0.384 e. The van der Waals surface area contributed by atoms with Crippen LogP contribution in [0.5, 0.6) is 0 Å². The molecule has 214 valence electrons. The molecule has 14 heteroatoms. The number of carbonyl (C=O) groups is 4. The smallest absolute Gasteiger partial charge is 0.245 e. The van der Waals surface area contributed by atoms with Crippen molar-refractivity contribution in [3.8, 4) is 0 Å². The molecule has 2 aromatic rings. The lowest BCUT2D eigenvalue weighted by atomic mass is 10.00. The highest BCUT2D eigenvalue weighted by Crippen LogP contribution is 2.21. The average molecular weight is 570 g/mol. The first-order valence-electron chi connectivity index (χ1n) is 12.9. The Bertz CT molecular complexity index is 1240. The van der Waals surface area contributed by atoms with Crippen molar-refractivity contribution in [3.05, 3.63) is 52.0 Å². The number of amides is 3. The summed E-state index contributed by atoms with van der Waals surface area (Å²) < 4.78 is 0. The maximum absolute atomic E-state index is 13.5. The molecular formula is C26H35N9O4S. The van der Waals surface area contributed by atoms with E-state index in [1.807, 2.05) is 0 Å². The lowest BCUT2D eigenvalue weighted by Crippen LogP contribution is -2.55. The van der Waals surface area contributed by atoms with Crippen LogP contribution in [0.15, 0.2) is 40.8 Å². The van der Waals surface area contributed by atoms with Crippen molar-refractivity contribution >= 4 is 46.6 Å². The number of aromatic nitrogens is 1. The number of hydrogen-bond donors (Lipinski definition) is 6. The van der Waals surface area contributed by atoms with Gasteiger partial charge in [0.05, 0.1) is 6.04 Å². The van der Waals surface area contributed by atoms with Crippen LogP contribution >= 0.6 is 11.3 Å². The topological polar surface area (TPSA) is 223 Å². The minimum absolute atomic E-state index is 0.0599. The third kappa shape index (κ3) is 8.33. The van der Waals surface area contributed by atoms with Gasteiger partial charge in [-0.1, -0.05) is 24.3 Å². The van der Waals surface area contributed by atoms with Crippen molar-refractivity contribution in [1.82, 2.24) is 20.5 Å². The van der Waals surface area contributed by atoms with Crippen LogP contribution in [0.1, 0.15) is 53.5 Å². The zero-order valence-corrected chi connectivity index (χ0v) is 23.1. The molecule has 2 heterocycles. The highest BCUT2D eigenvalue weighted by Gasteiger charge is 2.38. The second kappa shape index (κ2) is 14.2. The van der Waals surface area contributed by atoms with E-state index in [0.29, 0.717) is 44.3 Å². The highest BCUT2D eigenvalue weighted by atomic mass is 32.1.